The maximum absolute atomic E-state index is 6.02. The van der Waals surface area contributed by atoms with Gasteiger partial charge in [0.2, 0.25) is 5.88 Å². The molecule has 1 heterocycles. The molecule has 20 heavy (non-hydrogen) atoms. The summed E-state index contributed by atoms with van der Waals surface area (Å²) in [6, 6.07) is 0. The first-order valence-electron chi connectivity index (χ1n) is 7.21. The van der Waals surface area contributed by atoms with Crippen LogP contribution in [-0.2, 0) is 0 Å². The molecule has 0 unspecified atom stereocenters. The Morgan fingerprint density at radius 3 is 2.40 bits per heavy atom. The molecular formula is C14H27N5O. The van der Waals surface area contributed by atoms with Gasteiger partial charge in [-0.2, -0.15) is 4.98 Å². The van der Waals surface area contributed by atoms with Crippen LogP contribution in [0.1, 0.15) is 39.4 Å². The number of hydrogen-bond donors (Lipinski definition) is 2. The number of nitrogens with one attached hydrogen (secondary N) is 1. The van der Waals surface area contributed by atoms with Gasteiger partial charge in [0.25, 0.3) is 0 Å². The lowest BCUT2D eigenvalue weighted by molar-refractivity contribution is 0.316. The fourth-order valence-corrected chi connectivity index (χ4v) is 1.89. The second-order valence-electron chi connectivity index (χ2n) is 4.96. The number of nitrogen functional groups attached to an aromatic ring is 1. The molecule has 0 radical (unpaired) electrons. The van der Waals surface area contributed by atoms with Gasteiger partial charge in [0.1, 0.15) is 11.5 Å². The van der Waals surface area contributed by atoms with Crippen molar-refractivity contribution in [2.24, 2.45) is 0 Å². The lowest BCUT2D eigenvalue weighted by atomic mass is 10.2. The van der Waals surface area contributed by atoms with Crippen molar-refractivity contribution in [3.8, 4) is 5.88 Å². The Balaban J connectivity index is 2.80. The molecule has 0 spiro atoms. The number of anilines is 2. The summed E-state index contributed by atoms with van der Waals surface area (Å²) in [5, 5.41) is 3.28. The van der Waals surface area contributed by atoms with E-state index < -0.39 is 0 Å². The Morgan fingerprint density at radius 1 is 1.25 bits per heavy atom. The van der Waals surface area contributed by atoms with Crippen LogP contribution < -0.4 is 15.8 Å². The summed E-state index contributed by atoms with van der Waals surface area (Å²) in [5.74, 6) is 2.07. The zero-order valence-electron chi connectivity index (χ0n) is 13.2. The van der Waals surface area contributed by atoms with Crippen molar-refractivity contribution in [3.63, 3.8) is 0 Å². The quantitative estimate of drug-likeness (QED) is 0.758. The fraction of sp³-hybridized carbons (Fsp3) is 0.714. The molecule has 1 rings (SSSR count). The number of nitrogens with zero attached hydrogens (tertiary/aromatic N) is 3. The Bertz CT molecular complexity index is 418. The molecule has 0 aliphatic heterocycles. The summed E-state index contributed by atoms with van der Waals surface area (Å²) in [7, 11) is 1.57. The Morgan fingerprint density at radius 2 is 1.90 bits per heavy atom. The third-order valence-electron chi connectivity index (χ3n) is 3.25. The number of hydrogen-bond acceptors (Lipinski definition) is 6. The van der Waals surface area contributed by atoms with Crippen LogP contribution in [0.25, 0.3) is 0 Å². The van der Waals surface area contributed by atoms with Crippen molar-refractivity contribution in [3.05, 3.63) is 5.82 Å². The zero-order chi connectivity index (χ0) is 15.1. The molecule has 0 saturated carbocycles. The molecule has 1 aromatic heterocycles. The molecule has 0 aromatic carbocycles. The molecule has 0 bridgehead atoms. The highest BCUT2D eigenvalue weighted by molar-refractivity contribution is 5.67. The maximum atomic E-state index is 6.02. The van der Waals surface area contributed by atoms with E-state index in [1.54, 1.807) is 7.11 Å². The first-order chi connectivity index (χ1) is 9.53. The highest BCUT2D eigenvalue weighted by atomic mass is 16.5. The lowest BCUT2D eigenvalue weighted by Crippen LogP contribution is -2.29. The van der Waals surface area contributed by atoms with Crippen molar-refractivity contribution >= 4 is 11.5 Å². The van der Waals surface area contributed by atoms with E-state index in [0.29, 0.717) is 17.4 Å². The van der Waals surface area contributed by atoms with Crippen LogP contribution in [0.4, 0.5) is 11.5 Å². The average molecular weight is 281 g/mol. The van der Waals surface area contributed by atoms with Crippen LogP contribution in [0.3, 0.4) is 0 Å². The number of methoxy groups -OCH3 is 1. The molecule has 0 fully saturated rings. The summed E-state index contributed by atoms with van der Waals surface area (Å²) in [6.45, 7) is 12.2. The topological polar surface area (TPSA) is 76.3 Å². The van der Waals surface area contributed by atoms with E-state index in [4.69, 9.17) is 10.5 Å². The number of ether oxygens (including phenoxy) is 1. The molecule has 0 saturated heterocycles. The van der Waals surface area contributed by atoms with Gasteiger partial charge in [0, 0.05) is 19.0 Å². The summed E-state index contributed by atoms with van der Waals surface area (Å²) in [4.78, 5) is 11.1. The minimum Gasteiger partial charge on any atom is -0.479 e. The van der Waals surface area contributed by atoms with Crippen molar-refractivity contribution in [2.45, 2.75) is 33.6 Å². The zero-order valence-corrected chi connectivity index (χ0v) is 13.2. The molecule has 0 atom stereocenters. The molecular weight excluding hydrogens is 254 g/mol. The van der Waals surface area contributed by atoms with Crippen molar-refractivity contribution in [1.82, 2.24) is 14.9 Å². The van der Waals surface area contributed by atoms with Gasteiger partial charge >= 0.3 is 0 Å². The van der Waals surface area contributed by atoms with Gasteiger partial charge in [-0.25, -0.2) is 4.98 Å². The maximum Gasteiger partial charge on any atom is 0.242 e. The van der Waals surface area contributed by atoms with Crippen LogP contribution in [0.2, 0.25) is 0 Å². The van der Waals surface area contributed by atoms with E-state index in [0.717, 1.165) is 32.0 Å². The minimum atomic E-state index is 0.229. The predicted octanol–water partition coefficient (Wildman–Crippen LogP) is 1.94. The molecule has 6 heteroatoms. The molecule has 114 valence electrons. The minimum absolute atomic E-state index is 0.229. The van der Waals surface area contributed by atoms with Crippen molar-refractivity contribution < 1.29 is 4.74 Å². The van der Waals surface area contributed by atoms with E-state index in [1.165, 1.54) is 0 Å². The fourth-order valence-electron chi connectivity index (χ4n) is 1.89. The van der Waals surface area contributed by atoms with E-state index in [1.807, 2.05) is 13.8 Å². The van der Waals surface area contributed by atoms with Gasteiger partial charge in [-0.15, -0.1) is 0 Å². The second kappa shape index (κ2) is 7.89. The van der Waals surface area contributed by atoms with Crippen LogP contribution >= 0.6 is 0 Å². The highest BCUT2D eigenvalue weighted by Gasteiger charge is 2.14. The second-order valence-corrected chi connectivity index (χ2v) is 4.96. The smallest absolute Gasteiger partial charge is 0.242 e. The first kappa shape index (κ1) is 16.5. The Kier molecular flexibility index (Phi) is 6.51. The Hall–Kier alpha value is -1.56. The van der Waals surface area contributed by atoms with Gasteiger partial charge in [0.05, 0.1) is 7.11 Å². The average Bonchev–Trinajstić information content (AvgIpc) is 2.44. The molecule has 3 N–H and O–H groups in total. The van der Waals surface area contributed by atoms with Gasteiger partial charge < -0.3 is 20.7 Å². The standard InChI is InChI=1S/C14H27N5O/c1-6-19(7-2)9-8-16-13-11(15)14(20-5)18-12(17-13)10(3)4/h10H,6-9,15H2,1-5H3,(H,16,17,18). The molecule has 0 amide bonds. The third-order valence-corrected chi connectivity index (χ3v) is 3.25. The monoisotopic (exact) mass is 281 g/mol. The number of rotatable bonds is 8. The van der Waals surface area contributed by atoms with E-state index in [9.17, 15) is 0 Å². The van der Waals surface area contributed by atoms with Crippen LogP contribution in [-0.4, -0.2) is 48.2 Å². The Labute approximate surface area is 121 Å². The number of nitrogens with two attached hydrogens (primary N) is 1. The highest BCUT2D eigenvalue weighted by Crippen LogP contribution is 2.27. The summed E-state index contributed by atoms with van der Waals surface area (Å²) < 4.78 is 5.22. The summed E-state index contributed by atoms with van der Waals surface area (Å²) in [6.07, 6.45) is 0. The number of likely N-dealkylation sites (N-methyl/N-ethyl adjacent to an activating group) is 1. The van der Waals surface area contributed by atoms with E-state index in [-0.39, 0.29) is 5.92 Å². The SMILES string of the molecule is CCN(CC)CCNc1nc(C(C)C)nc(OC)c1N. The molecule has 6 nitrogen and oxygen atoms in total. The van der Waals surface area contributed by atoms with Crippen molar-refractivity contribution in [1.29, 1.82) is 0 Å². The van der Waals surface area contributed by atoms with Crippen LogP contribution in [0, 0.1) is 0 Å². The molecule has 0 aliphatic rings. The third kappa shape index (κ3) is 4.23. The molecule has 0 aliphatic carbocycles. The van der Waals surface area contributed by atoms with Crippen LogP contribution in [0.5, 0.6) is 5.88 Å². The van der Waals surface area contributed by atoms with Crippen molar-refractivity contribution in [2.75, 3.05) is 44.3 Å². The van der Waals surface area contributed by atoms with Gasteiger partial charge in [-0.05, 0) is 13.1 Å². The van der Waals surface area contributed by atoms with Gasteiger partial charge in [-0.3, -0.25) is 0 Å². The van der Waals surface area contributed by atoms with Gasteiger partial charge in [0.15, 0.2) is 5.82 Å². The molecule has 1 aromatic rings. The van der Waals surface area contributed by atoms with Crippen LogP contribution in [0.15, 0.2) is 0 Å². The van der Waals surface area contributed by atoms with E-state index >= 15 is 0 Å². The summed E-state index contributed by atoms with van der Waals surface area (Å²) in [5.41, 5.74) is 6.49. The first-order valence-corrected chi connectivity index (χ1v) is 7.21. The predicted molar refractivity (Wildman–Crippen MR) is 83.4 cm³/mol. The van der Waals surface area contributed by atoms with Gasteiger partial charge in [-0.1, -0.05) is 27.7 Å². The largest absolute Gasteiger partial charge is 0.479 e. The number of aromatic nitrogens is 2. The normalized spacial score (nSPS) is 11.2. The lowest BCUT2D eigenvalue weighted by Gasteiger charge is -2.19. The summed E-state index contributed by atoms with van der Waals surface area (Å²) >= 11 is 0. The van der Waals surface area contributed by atoms with E-state index in [2.05, 4.69) is 34.0 Å².